The summed E-state index contributed by atoms with van der Waals surface area (Å²) in [6.45, 7) is 1.99. The zero-order valence-corrected chi connectivity index (χ0v) is 16.9. The number of H-pyrrole nitrogens is 1. The highest BCUT2D eigenvalue weighted by atomic mass is 16.5. The second-order valence-electron chi connectivity index (χ2n) is 7.69. The van der Waals surface area contributed by atoms with Crippen LogP contribution in [0, 0.1) is 0 Å². The topological polar surface area (TPSA) is 114 Å². The second kappa shape index (κ2) is 8.33. The predicted octanol–water partition coefficient (Wildman–Crippen LogP) is 1.81. The Bertz CT molecular complexity index is 1110. The standard InChI is InChI=1S/C22H26N4O4/c1-30-20-7-6-14(12-16(20)21(23)28)19(27)13-25-10-8-15(9-11-25)26-18-5-3-2-4-17(18)24-22(26)29/h2-7,12,15,19,27H,8-11,13H2,1H3,(H2,23,28)(H,24,29). The molecule has 4 rings (SSSR count). The average Bonchev–Trinajstić information content (AvgIpc) is 3.09. The Balaban J connectivity index is 1.42. The lowest BCUT2D eigenvalue weighted by atomic mass is 10.0. The number of aromatic nitrogens is 2. The Morgan fingerprint density at radius 1 is 1.27 bits per heavy atom. The van der Waals surface area contributed by atoms with E-state index in [9.17, 15) is 14.7 Å². The number of nitrogens with zero attached hydrogens (tertiary/aromatic N) is 2. The average molecular weight is 410 g/mol. The fourth-order valence-corrected chi connectivity index (χ4v) is 4.27. The Hall–Kier alpha value is -3.10. The van der Waals surface area contributed by atoms with E-state index in [1.165, 1.54) is 7.11 Å². The summed E-state index contributed by atoms with van der Waals surface area (Å²) in [6.07, 6.45) is 0.897. The van der Waals surface area contributed by atoms with Gasteiger partial charge in [0.05, 0.1) is 29.8 Å². The number of rotatable bonds is 6. The smallest absolute Gasteiger partial charge is 0.326 e. The number of benzene rings is 2. The van der Waals surface area contributed by atoms with Crippen molar-refractivity contribution in [2.24, 2.45) is 5.73 Å². The van der Waals surface area contributed by atoms with Gasteiger partial charge in [-0.15, -0.1) is 0 Å². The van der Waals surface area contributed by atoms with Gasteiger partial charge in [0.1, 0.15) is 5.75 Å². The number of methoxy groups -OCH3 is 1. The molecule has 0 bridgehead atoms. The number of aliphatic hydroxyl groups is 1. The van der Waals surface area contributed by atoms with Gasteiger partial charge in [-0.1, -0.05) is 18.2 Å². The molecule has 0 aliphatic carbocycles. The molecule has 0 radical (unpaired) electrons. The number of aromatic amines is 1. The number of hydrogen-bond acceptors (Lipinski definition) is 5. The molecule has 8 nitrogen and oxygen atoms in total. The number of aliphatic hydroxyl groups excluding tert-OH is 1. The molecule has 1 aliphatic rings. The van der Waals surface area contributed by atoms with Crippen molar-refractivity contribution in [3.63, 3.8) is 0 Å². The first kappa shape index (κ1) is 20.2. The van der Waals surface area contributed by atoms with Crippen molar-refractivity contribution in [1.29, 1.82) is 0 Å². The van der Waals surface area contributed by atoms with Gasteiger partial charge in [0.25, 0.3) is 5.91 Å². The van der Waals surface area contributed by atoms with Crippen LogP contribution < -0.4 is 16.2 Å². The van der Waals surface area contributed by atoms with Gasteiger partial charge in [-0.3, -0.25) is 9.36 Å². The lowest BCUT2D eigenvalue weighted by molar-refractivity contribution is 0.0904. The molecule has 1 aliphatic heterocycles. The molecule has 8 heteroatoms. The normalized spacial score (nSPS) is 16.6. The van der Waals surface area contributed by atoms with Crippen LogP contribution in [0.15, 0.2) is 47.3 Å². The van der Waals surface area contributed by atoms with Crippen LogP contribution >= 0.6 is 0 Å². The minimum Gasteiger partial charge on any atom is -0.496 e. The molecule has 3 aromatic rings. The largest absolute Gasteiger partial charge is 0.496 e. The molecule has 1 amide bonds. The maximum Gasteiger partial charge on any atom is 0.326 e. The van der Waals surface area contributed by atoms with E-state index in [0.717, 1.165) is 37.0 Å². The van der Waals surface area contributed by atoms with Crippen molar-refractivity contribution < 1.29 is 14.6 Å². The number of primary amides is 1. The summed E-state index contributed by atoms with van der Waals surface area (Å²) in [7, 11) is 1.47. The number of carbonyl (C=O) groups excluding carboxylic acids is 1. The quantitative estimate of drug-likeness (QED) is 0.574. The molecule has 2 aromatic carbocycles. The number of hydrogen-bond donors (Lipinski definition) is 3. The first-order chi connectivity index (χ1) is 14.5. The monoisotopic (exact) mass is 410 g/mol. The summed E-state index contributed by atoms with van der Waals surface area (Å²) in [5.41, 5.74) is 8.00. The molecule has 1 atom stereocenters. The third-order valence-electron chi connectivity index (χ3n) is 5.85. The van der Waals surface area contributed by atoms with Gasteiger partial charge in [0.15, 0.2) is 0 Å². The van der Waals surface area contributed by atoms with Gasteiger partial charge >= 0.3 is 5.69 Å². The molecular formula is C22H26N4O4. The number of piperidine rings is 1. The lowest BCUT2D eigenvalue weighted by Crippen LogP contribution is -2.39. The van der Waals surface area contributed by atoms with Gasteiger partial charge in [-0.2, -0.15) is 0 Å². The van der Waals surface area contributed by atoms with E-state index >= 15 is 0 Å². The number of ether oxygens (including phenoxy) is 1. The number of imidazole rings is 1. The Morgan fingerprint density at radius 2 is 2.00 bits per heavy atom. The molecule has 0 saturated carbocycles. The minimum atomic E-state index is -0.749. The van der Waals surface area contributed by atoms with Crippen molar-refractivity contribution in [1.82, 2.24) is 14.5 Å². The van der Waals surface area contributed by atoms with E-state index in [2.05, 4.69) is 9.88 Å². The highest BCUT2D eigenvalue weighted by Crippen LogP contribution is 2.27. The molecule has 1 unspecified atom stereocenters. The van der Waals surface area contributed by atoms with Crippen LogP contribution in [-0.2, 0) is 0 Å². The summed E-state index contributed by atoms with van der Waals surface area (Å²) >= 11 is 0. The number of carbonyl (C=O) groups is 1. The molecule has 2 heterocycles. The summed E-state index contributed by atoms with van der Waals surface area (Å²) in [6, 6.07) is 12.8. The van der Waals surface area contributed by atoms with Crippen molar-refractivity contribution in [3.05, 3.63) is 64.1 Å². The van der Waals surface area contributed by atoms with Crippen LogP contribution in [0.3, 0.4) is 0 Å². The maximum atomic E-state index is 12.4. The number of likely N-dealkylation sites (tertiary alicyclic amines) is 1. The number of nitrogens with two attached hydrogens (primary N) is 1. The summed E-state index contributed by atoms with van der Waals surface area (Å²) in [5, 5.41) is 10.7. The van der Waals surface area contributed by atoms with Gasteiger partial charge in [0.2, 0.25) is 0 Å². The summed E-state index contributed by atoms with van der Waals surface area (Å²) in [5.74, 6) is -0.200. The third-order valence-corrected chi connectivity index (χ3v) is 5.85. The van der Waals surface area contributed by atoms with Gasteiger partial charge < -0.3 is 25.5 Å². The number of nitrogens with one attached hydrogen (secondary N) is 1. The fraction of sp³-hybridized carbons (Fsp3) is 0.364. The van der Waals surface area contributed by atoms with Crippen molar-refractivity contribution >= 4 is 16.9 Å². The zero-order valence-electron chi connectivity index (χ0n) is 16.9. The van der Waals surface area contributed by atoms with Crippen LogP contribution in [-0.4, -0.2) is 52.2 Å². The highest BCUT2D eigenvalue weighted by molar-refractivity contribution is 5.95. The molecular weight excluding hydrogens is 384 g/mol. The van der Waals surface area contributed by atoms with Crippen LogP contribution in [0.2, 0.25) is 0 Å². The highest BCUT2D eigenvalue weighted by Gasteiger charge is 2.25. The van der Waals surface area contributed by atoms with E-state index < -0.39 is 12.0 Å². The molecule has 1 fully saturated rings. The SMILES string of the molecule is COc1ccc(C(O)CN2CCC(n3c(=O)[nH]c4ccccc43)CC2)cc1C(N)=O. The van der Waals surface area contributed by atoms with Crippen molar-refractivity contribution in [2.75, 3.05) is 26.7 Å². The zero-order chi connectivity index (χ0) is 21.3. The first-order valence-electron chi connectivity index (χ1n) is 10.1. The van der Waals surface area contributed by atoms with Gasteiger partial charge in [-0.25, -0.2) is 4.79 Å². The van der Waals surface area contributed by atoms with E-state index in [-0.39, 0.29) is 17.3 Å². The van der Waals surface area contributed by atoms with Crippen LogP contribution in [0.25, 0.3) is 11.0 Å². The molecule has 158 valence electrons. The minimum absolute atomic E-state index is 0.0769. The van der Waals surface area contributed by atoms with Crippen LogP contribution in [0.1, 0.15) is 40.9 Å². The number of amides is 1. The van der Waals surface area contributed by atoms with E-state index in [1.54, 1.807) is 18.2 Å². The lowest BCUT2D eigenvalue weighted by Gasteiger charge is -2.33. The Kier molecular flexibility index (Phi) is 5.61. The predicted molar refractivity (Wildman–Crippen MR) is 114 cm³/mol. The van der Waals surface area contributed by atoms with E-state index in [1.807, 2.05) is 28.8 Å². The fourth-order valence-electron chi connectivity index (χ4n) is 4.27. The first-order valence-corrected chi connectivity index (χ1v) is 10.1. The van der Waals surface area contributed by atoms with Gasteiger partial charge in [0, 0.05) is 25.7 Å². The molecule has 1 aromatic heterocycles. The van der Waals surface area contributed by atoms with Crippen LogP contribution in [0.5, 0.6) is 5.75 Å². The Morgan fingerprint density at radius 3 is 2.70 bits per heavy atom. The number of para-hydroxylation sites is 2. The van der Waals surface area contributed by atoms with Crippen molar-refractivity contribution in [2.45, 2.75) is 25.0 Å². The number of fused-ring (bicyclic) bond motifs is 1. The third kappa shape index (κ3) is 3.83. The van der Waals surface area contributed by atoms with Crippen LogP contribution in [0.4, 0.5) is 0 Å². The summed E-state index contributed by atoms with van der Waals surface area (Å²) in [4.78, 5) is 29.2. The molecule has 0 spiro atoms. The Labute approximate surface area is 173 Å². The van der Waals surface area contributed by atoms with E-state index in [4.69, 9.17) is 10.5 Å². The van der Waals surface area contributed by atoms with Gasteiger partial charge in [-0.05, 0) is 42.7 Å². The second-order valence-corrected chi connectivity index (χ2v) is 7.69. The van der Waals surface area contributed by atoms with Crippen molar-refractivity contribution in [3.8, 4) is 5.75 Å². The van der Waals surface area contributed by atoms with E-state index in [0.29, 0.717) is 17.9 Å². The molecule has 1 saturated heterocycles. The molecule has 30 heavy (non-hydrogen) atoms. The number of β-amino-alcohol motifs (C(OH)–C–C–N with tert-alkyl or cyclic N) is 1. The molecule has 4 N–H and O–H groups in total. The maximum absolute atomic E-state index is 12.4. The summed E-state index contributed by atoms with van der Waals surface area (Å²) < 4.78 is 7.01.